The average molecular weight is 382 g/mol. The number of nitrogens with zero attached hydrogens (tertiary/aromatic N) is 1. The normalized spacial score (nSPS) is 20.5. The zero-order chi connectivity index (χ0) is 18.6. The molecule has 6 heteroatoms. The molecule has 27 heavy (non-hydrogen) atoms. The minimum absolute atomic E-state index is 0.229. The van der Waals surface area contributed by atoms with Gasteiger partial charge in [0.05, 0.1) is 16.2 Å². The molecular formula is C21H22N2O3S. The maximum atomic E-state index is 12.8. The first-order valence-electron chi connectivity index (χ1n) is 9.41. The highest BCUT2D eigenvalue weighted by atomic mass is 32.2. The molecule has 0 bridgehead atoms. The molecule has 2 N–H and O–H groups in total. The second-order valence-corrected chi connectivity index (χ2v) is 9.81. The third-order valence-corrected chi connectivity index (χ3v) is 7.84. The van der Waals surface area contributed by atoms with E-state index in [1.165, 1.54) is 0 Å². The number of para-hydroxylation sites is 1. The molecule has 1 saturated carbocycles. The number of nitrogens with one attached hydrogen (secondary N) is 1. The maximum absolute atomic E-state index is 12.8. The number of rotatable bonds is 4. The van der Waals surface area contributed by atoms with Crippen LogP contribution in [0.25, 0.3) is 22.2 Å². The van der Waals surface area contributed by atoms with Crippen molar-refractivity contribution in [2.75, 3.05) is 18.0 Å². The van der Waals surface area contributed by atoms with Crippen molar-refractivity contribution in [3.05, 3.63) is 48.5 Å². The van der Waals surface area contributed by atoms with Crippen molar-refractivity contribution in [1.82, 2.24) is 4.98 Å². The van der Waals surface area contributed by atoms with E-state index in [9.17, 15) is 13.5 Å². The Morgan fingerprint density at radius 1 is 1.04 bits per heavy atom. The first-order chi connectivity index (χ1) is 13.0. The van der Waals surface area contributed by atoms with Crippen LogP contribution in [0.1, 0.15) is 19.3 Å². The Labute approximate surface area is 158 Å². The summed E-state index contributed by atoms with van der Waals surface area (Å²) in [6.45, 7) is 1.34. The maximum Gasteiger partial charge on any atom is 0.181 e. The second-order valence-electron chi connectivity index (χ2n) is 7.58. The standard InChI is InChI=1S/C21H22N2O3S/c24-15-9-10-23(13-15)21-8-7-17(27(25,26)16-5-6-16)12-18(21)20-11-14-3-1-2-4-19(14)22-20/h1-4,7-8,11-12,15-16,22,24H,5-6,9-10,13H2/t15-/m0/s1. The zero-order valence-corrected chi connectivity index (χ0v) is 15.7. The number of hydrogen-bond donors (Lipinski definition) is 2. The number of aromatic amines is 1. The van der Waals surface area contributed by atoms with Gasteiger partial charge in [-0.15, -0.1) is 0 Å². The number of sulfone groups is 1. The van der Waals surface area contributed by atoms with Gasteiger partial charge in [-0.3, -0.25) is 0 Å². The van der Waals surface area contributed by atoms with Crippen LogP contribution in [0.5, 0.6) is 0 Å². The fourth-order valence-electron chi connectivity index (χ4n) is 3.93. The number of aromatic nitrogens is 1. The van der Waals surface area contributed by atoms with Crippen molar-refractivity contribution in [2.24, 2.45) is 0 Å². The number of anilines is 1. The lowest BCUT2D eigenvalue weighted by molar-refractivity contribution is 0.198. The highest BCUT2D eigenvalue weighted by molar-refractivity contribution is 7.92. The molecule has 1 aliphatic carbocycles. The Balaban J connectivity index is 1.67. The van der Waals surface area contributed by atoms with Crippen LogP contribution in [-0.4, -0.2) is 43.0 Å². The van der Waals surface area contributed by atoms with E-state index in [0.29, 0.717) is 11.4 Å². The van der Waals surface area contributed by atoms with Gasteiger partial charge in [0.25, 0.3) is 0 Å². The highest BCUT2D eigenvalue weighted by Crippen LogP contribution is 2.39. The van der Waals surface area contributed by atoms with Crippen LogP contribution in [0.15, 0.2) is 53.4 Å². The van der Waals surface area contributed by atoms with Crippen LogP contribution >= 0.6 is 0 Å². The third kappa shape index (κ3) is 2.93. The summed E-state index contributed by atoms with van der Waals surface area (Å²) in [7, 11) is -3.26. The van der Waals surface area contributed by atoms with Gasteiger partial charge in [-0.05, 0) is 49.6 Å². The monoisotopic (exact) mass is 382 g/mol. The van der Waals surface area contributed by atoms with Crippen molar-refractivity contribution in [3.8, 4) is 11.3 Å². The molecule has 1 saturated heterocycles. The number of hydrogen-bond acceptors (Lipinski definition) is 4. The summed E-state index contributed by atoms with van der Waals surface area (Å²) < 4.78 is 25.5. The van der Waals surface area contributed by atoms with Crippen LogP contribution in [0, 0.1) is 0 Å². The largest absolute Gasteiger partial charge is 0.391 e. The first kappa shape index (κ1) is 16.8. The lowest BCUT2D eigenvalue weighted by atomic mass is 10.1. The van der Waals surface area contributed by atoms with E-state index in [4.69, 9.17) is 0 Å². The zero-order valence-electron chi connectivity index (χ0n) is 14.9. The fourth-order valence-corrected chi connectivity index (χ4v) is 5.61. The number of benzene rings is 2. The molecule has 2 aliphatic rings. The van der Waals surface area contributed by atoms with E-state index in [2.05, 4.69) is 16.0 Å². The van der Waals surface area contributed by atoms with Gasteiger partial charge in [0, 0.05) is 40.9 Å². The van der Waals surface area contributed by atoms with Crippen LogP contribution < -0.4 is 4.90 Å². The Hall–Kier alpha value is -2.31. The lowest BCUT2D eigenvalue weighted by Gasteiger charge is -2.22. The second kappa shape index (κ2) is 6.11. The van der Waals surface area contributed by atoms with Gasteiger partial charge >= 0.3 is 0 Å². The highest BCUT2D eigenvalue weighted by Gasteiger charge is 2.37. The van der Waals surface area contributed by atoms with Gasteiger partial charge in [-0.25, -0.2) is 8.42 Å². The molecule has 2 fully saturated rings. The van der Waals surface area contributed by atoms with Gasteiger partial charge < -0.3 is 15.0 Å². The topological polar surface area (TPSA) is 73.4 Å². The quantitative estimate of drug-likeness (QED) is 0.726. The Bertz CT molecular complexity index is 1080. The first-order valence-corrected chi connectivity index (χ1v) is 11.0. The molecule has 140 valence electrons. The van der Waals surface area contributed by atoms with Crippen molar-refractivity contribution < 1.29 is 13.5 Å². The van der Waals surface area contributed by atoms with E-state index in [1.54, 1.807) is 12.1 Å². The number of aliphatic hydroxyl groups is 1. The molecule has 0 radical (unpaired) electrons. The molecule has 0 unspecified atom stereocenters. The van der Waals surface area contributed by atoms with Gasteiger partial charge in [-0.2, -0.15) is 0 Å². The SMILES string of the molecule is O=S(=O)(c1ccc(N2CC[C@H](O)C2)c(-c2cc3ccccc3[nH]2)c1)C1CC1. The molecule has 0 spiro atoms. The minimum atomic E-state index is -3.26. The summed E-state index contributed by atoms with van der Waals surface area (Å²) in [6, 6.07) is 15.5. The predicted molar refractivity (Wildman–Crippen MR) is 107 cm³/mol. The average Bonchev–Trinajstić information content (AvgIpc) is 3.31. The molecule has 0 amide bonds. The van der Waals surface area contributed by atoms with E-state index in [0.717, 1.165) is 53.7 Å². The molecule has 3 aromatic rings. The number of fused-ring (bicyclic) bond motifs is 1. The lowest BCUT2D eigenvalue weighted by Crippen LogP contribution is -2.22. The summed E-state index contributed by atoms with van der Waals surface area (Å²) in [6.07, 6.45) is 1.90. The number of H-pyrrole nitrogens is 1. The molecule has 2 heterocycles. The number of aliphatic hydroxyl groups excluding tert-OH is 1. The van der Waals surface area contributed by atoms with Crippen LogP contribution in [-0.2, 0) is 9.84 Å². The van der Waals surface area contributed by atoms with E-state index in [1.807, 2.05) is 30.3 Å². The Morgan fingerprint density at radius 3 is 2.56 bits per heavy atom. The van der Waals surface area contributed by atoms with E-state index < -0.39 is 9.84 Å². The van der Waals surface area contributed by atoms with Crippen LogP contribution in [0.3, 0.4) is 0 Å². The smallest absolute Gasteiger partial charge is 0.181 e. The van der Waals surface area contributed by atoms with Gasteiger partial charge in [0.15, 0.2) is 9.84 Å². The van der Waals surface area contributed by atoms with Crippen LogP contribution in [0.4, 0.5) is 5.69 Å². The Morgan fingerprint density at radius 2 is 1.85 bits per heavy atom. The third-order valence-electron chi connectivity index (χ3n) is 5.58. The minimum Gasteiger partial charge on any atom is -0.391 e. The molecule has 1 atom stereocenters. The fraction of sp³-hybridized carbons (Fsp3) is 0.333. The van der Waals surface area contributed by atoms with Crippen LogP contribution in [0.2, 0.25) is 0 Å². The van der Waals surface area contributed by atoms with Crippen molar-refractivity contribution >= 4 is 26.4 Å². The molecule has 2 aromatic carbocycles. The molecule has 5 rings (SSSR count). The summed E-state index contributed by atoms with van der Waals surface area (Å²) >= 11 is 0. The summed E-state index contributed by atoms with van der Waals surface area (Å²) in [5.74, 6) is 0. The predicted octanol–water partition coefficient (Wildman–Crippen LogP) is 3.34. The molecule has 5 nitrogen and oxygen atoms in total. The molecular weight excluding hydrogens is 360 g/mol. The summed E-state index contributed by atoms with van der Waals surface area (Å²) in [4.78, 5) is 5.96. The Kier molecular flexibility index (Phi) is 3.81. The number of β-amino-alcohol motifs (C(OH)–C–C–N with tert-alkyl or cyclic N) is 1. The summed E-state index contributed by atoms with van der Waals surface area (Å²) in [5.41, 5.74) is 3.77. The van der Waals surface area contributed by atoms with E-state index >= 15 is 0 Å². The van der Waals surface area contributed by atoms with Crippen molar-refractivity contribution in [2.45, 2.75) is 35.5 Å². The van der Waals surface area contributed by atoms with Crippen molar-refractivity contribution in [1.29, 1.82) is 0 Å². The van der Waals surface area contributed by atoms with Gasteiger partial charge in [-0.1, -0.05) is 18.2 Å². The summed E-state index contributed by atoms with van der Waals surface area (Å²) in [5, 5.41) is 10.8. The van der Waals surface area contributed by atoms with Crippen molar-refractivity contribution in [3.63, 3.8) is 0 Å². The molecule has 1 aliphatic heterocycles. The van der Waals surface area contributed by atoms with E-state index in [-0.39, 0.29) is 11.4 Å². The van der Waals surface area contributed by atoms with Gasteiger partial charge in [0.2, 0.25) is 0 Å². The van der Waals surface area contributed by atoms with Gasteiger partial charge in [0.1, 0.15) is 0 Å². The molecule has 1 aromatic heterocycles.